The largest absolute Gasteiger partial charge is 0.497 e. The maximum absolute atomic E-state index is 5.35. The fourth-order valence-electron chi connectivity index (χ4n) is 1.83. The van der Waals surface area contributed by atoms with E-state index in [9.17, 15) is 0 Å². The van der Waals surface area contributed by atoms with Crippen LogP contribution in [0.1, 0.15) is 11.1 Å². The highest BCUT2D eigenvalue weighted by molar-refractivity contribution is 14.1. The molecule has 2 aromatic carbocycles. The average Bonchev–Trinajstić information content (AvgIpc) is 2.46. The molecule has 104 valence electrons. The van der Waals surface area contributed by atoms with E-state index in [1.807, 2.05) is 36.5 Å². The first-order chi connectivity index (χ1) is 9.63. The highest BCUT2D eigenvalue weighted by Crippen LogP contribution is 2.25. The van der Waals surface area contributed by atoms with E-state index in [1.54, 1.807) is 14.2 Å². The van der Waals surface area contributed by atoms with Crippen molar-refractivity contribution in [2.45, 2.75) is 6.92 Å². The second-order valence-corrected chi connectivity index (χ2v) is 5.54. The normalized spacial score (nSPS) is 10.8. The average molecular weight is 381 g/mol. The number of halogens is 1. The number of rotatable bonds is 4. The lowest BCUT2D eigenvalue weighted by atomic mass is 10.2. The number of ether oxygens (including phenoxy) is 2. The lowest BCUT2D eigenvalue weighted by Gasteiger charge is -2.07. The van der Waals surface area contributed by atoms with Crippen LogP contribution in [-0.2, 0) is 0 Å². The zero-order valence-electron chi connectivity index (χ0n) is 11.7. The van der Waals surface area contributed by atoms with Gasteiger partial charge >= 0.3 is 0 Å². The molecule has 0 aliphatic heterocycles. The van der Waals surface area contributed by atoms with E-state index in [4.69, 9.17) is 9.47 Å². The fourth-order valence-corrected chi connectivity index (χ4v) is 2.47. The van der Waals surface area contributed by atoms with Gasteiger partial charge in [0.2, 0.25) is 0 Å². The van der Waals surface area contributed by atoms with Crippen LogP contribution >= 0.6 is 22.6 Å². The standard InChI is InChI=1S/C16H16INO2/c1-11-8-13(17)5-7-15(11)18-10-12-4-6-14(19-2)9-16(12)20-3/h4-10H,1-3H3. The van der Waals surface area contributed by atoms with Crippen molar-refractivity contribution >= 4 is 34.5 Å². The molecule has 0 fully saturated rings. The van der Waals surface area contributed by atoms with Crippen molar-refractivity contribution in [1.82, 2.24) is 0 Å². The molecular weight excluding hydrogens is 365 g/mol. The first-order valence-electron chi connectivity index (χ1n) is 6.16. The van der Waals surface area contributed by atoms with Crippen LogP contribution in [0.15, 0.2) is 41.4 Å². The Morgan fingerprint density at radius 1 is 1.05 bits per heavy atom. The third-order valence-electron chi connectivity index (χ3n) is 2.94. The highest BCUT2D eigenvalue weighted by atomic mass is 127. The molecule has 0 aromatic heterocycles. The molecular formula is C16H16INO2. The molecule has 0 saturated carbocycles. The van der Waals surface area contributed by atoms with Gasteiger partial charge in [0.25, 0.3) is 0 Å². The summed E-state index contributed by atoms with van der Waals surface area (Å²) < 4.78 is 11.7. The maximum Gasteiger partial charge on any atom is 0.131 e. The molecule has 4 heteroatoms. The monoisotopic (exact) mass is 381 g/mol. The number of hydrogen-bond donors (Lipinski definition) is 0. The van der Waals surface area contributed by atoms with Gasteiger partial charge in [-0.2, -0.15) is 0 Å². The number of aryl methyl sites for hydroxylation is 1. The Morgan fingerprint density at radius 2 is 1.85 bits per heavy atom. The zero-order chi connectivity index (χ0) is 14.5. The lowest BCUT2D eigenvalue weighted by molar-refractivity contribution is 0.394. The van der Waals surface area contributed by atoms with Gasteiger partial charge in [0.1, 0.15) is 11.5 Å². The van der Waals surface area contributed by atoms with Crippen LogP contribution in [0, 0.1) is 10.5 Å². The van der Waals surface area contributed by atoms with E-state index in [1.165, 1.54) is 3.57 Å². The second-order valence-electron chi connectivity index (χ2n) is 4.30. The molecule has 0 unspecified atom stereocenters. The summed E-state index contributed by atoms with van der Waals surface area (Å²) in [6, 6.07) is 11.9. The predicted octanol–water partition coefficient (Wildman–Crippen LogP) is 4.37. The van der Waals surface area contributed by atoms with Crippen LogP contribution < -0.4 is 9.47 Å². The first kappa shape index (κ1) is 14.8. The van der Waals surface area contributed by atoms with Gasteiger partial charge in [-0.05, 0) is 65.4 Å². The lowest BCUT2D eigenvalue weighted by Crippen LogP contribution is -1.92. The molecule has 0 N–H and O–H groups in total. The Hall–Kier alpha value is -1.56. The molecule has 2 aromatic rings. The number of hydrogen-bond acceptors (Lipinski definition) is 3. The van der Waals surface area contributed by atoms with Crippen LogP contribution in [0.25, 0.3) is 0 Å². The summed E-state index contributed by atoms with van der Waals surface area (Å²) in [5, 5.41) is 0. The van der Waals surface area contributed by atoms with E-state index in [-0.39, 0.29) is 0 Å². The third kappa shape index (κ3) is 3.50. The SMILES string of the molecule is COc1ccc(C=Nc2ccc(I)cc2C)c(OC)c1. The van der Waals surface area contributed by atoms with Crippen LogP contribution in [0.3, 0.4) is 0 Å². The minimum atomic E-state index is 0.747. The molecule has 0 radical (unpaired) electrons. The maximum atomic E-state index is 5.35. The van der Waals surface area contributed by atoms with Gasteiger partial charge < -0.3 is 9.47 Å². The van der Waals surface area contributed by atoms with Crippen molar-refractivity contribution in [1.29, 1.82) is 0 Å². The molecule has 0 atom stereocenters. The molecule has 0 saturated heterocycles. The molecule has 0 aliphatic carbocycles. The summed E-state index contributed by atoms with van der Waals surface area (Å²) in [6.45, 7) is 2.06. The molecule has 0 heterocycles. The van der Waals surface area contributed by atoms with Gasteiger partial charge in [-0.15, -0.1) is 0 Å². The van der Waals surface area contributed by atoms with E-state index in [0.717, 1.165) is 28.3 Å². The summed E-state index contributed by atoms with van der Waals surface area (Å²) in [7, 11) is 3.28. The molecule has 0 spiro atoms. The van der Waals surface area contributed by atoms with Crippen molar-refractivity contribution in [3.63, 3.8) is 0 Å². The molecule has 0 aliphatic rings. The summed E-state index contributed by atoms with van der Waals surface area (Å²) in [4.78, 5) is 4.53. The predicted molar refractivity (Wildman–Crippen MR) is 90.7 cm³/mol. The van der Waals surface area contributed by atoms with Crippen molar-refractivity contribution < 1.29 is 9.47 Å². The summed E-state index contributed by atoms with van der Waals surface area (Å²) in [5.74, 6) is 1.51. The van der Waals surface area contributed by atoms with Crippen molar-refractivity contribution in [3.8, 4) is 11.5 Å². The summed E-state index contributed by atoms with van der Waals surface area (Å²) >= 11 is 2.30. The molecule has 20 heavy (non-hydrogen) atoms. The number of nitrogens with zero attached hydrogens (tertiary/aromatic N) is 1. The van der Waals surface area contributed by atoms with Crippen LogP contribution in [0.4, 0.5) is 5.69 Å². The smallest absolute Gasteiger partial charge is 0.131 e. The van der Waals surface area contributed by atoms with Gasteiger partial charge in [0.15, 0.2) is 0 Å². The van der Waals surface area contributed by atoms with Gasteiger partial charge in [0.05, 0.1) is 19.9 Å². The van der Waals surface area contributed by atoms with Crippen molar-refractivity contribution in [3.05, 3.63) is 51.1 Å². The van der Waals surface area contributed by atoms with Crippen LogP contribution in [0.5, 0.6) is 11.5 Å². The molecule has 0 amide bonds. The van der Waals surface area contributed by atoms with Gasteiger partial charge in [-0.1, -0.05) is 0 Å². The number of benzene rings is 2. The van der Waals surface area contributed by atoms with E-state index in [0.29, 0.717) is 0 Å². The topological polar surface area (TPSA) is 30.8 Å². The van der Waals surface area contributed by atoms with Crippen LogP contribution in [0.2, 0.25) is 0 Å². The van der Waals surface area contributed by atoms with E-state index in [2.05, 4.69) is 40.6 Å². The van der Waals surface area contributed by atoms with Gasteiger partial charge in [-0.3, -0.25) is 4.99 Å². The Labute approximate surface area is 132 Å². The Bertz CT molecular complexity index is 638. The second kappa shape index (κ2) is 6.74. The summed E-state index contributed by atoms with van der Waals surface area (Å²) in [6.07, 6.45) is 1.81. The highest BCUT2D eigenvalue weighted by Gasteiger charge is 2.03. The van der Waals surface area contributed by atoms with Crippen molar-refractivity contribution in [2.24, 2.45) is 4.99 Å². The quantitative estimate of drug-likeness (QED) is 0.582. The van der Waals surface area contributed by atoms with Gasteiger partial charge in [0, 0.05) is 21.4 Å². The Morgan fingerprint density at radius 3 is 2.50 bits per heavy atom. The third-order valence-corrected chi connectivity index (χ3v) is 3.61. The summed E-state index contributed by atoms with van der Waals surface area (Å²) in [5.41, 5.74) is 3.04. The number of aliphatic imine (C=N–C) groups is 1. The fraction of sp³-hybridized carbons (Fsp3) is 0.188. The number of methoxy groups -OCH3 is 2. The minimum Gasteiger partial charge on any atom is -0.497 e. The van der Waals surface area contributed by atoms with E-state index >= 15 is 0 Å². The molecule has 3 nitrogen and oxygen atoms in total. The minimum absolute atomic E-state index is 0.747. The molecule has 2 rings (SSSR count). The first-order valence-corrected chi connectivity index (χ1v) is 7.24. The van der Waals surface area contributed by atoms with Crippen molar-refractivity contribution in [2.75, 3.05) is 14.2 Å². The van der Waals surface area contributed by atoms with E-state index < -0.39 is 0 Å². The zero-order valence-corrected chi connectivity index (χ0v) is 13.8. The Kier molecular flexibility index (Phi) is 5.00. The molecule has 0 bridgehead atoms. The van der Waals surface area contributed by atoms with Crippen LogP contribution in [-0.4, -0.2) is 20.4 Å². The Balaban J connectivity index is 2.31. The van der Waals surface area contributed by atoms with Gasteiger partial charge in [-0.25, -0.2) is 0 Å².